The number of pyridine rings is 1. The van der Waals surface area contributed by atoms with Gasteiger partial charge in [0, 0.05) is 11.9 Å². The van der Waals surface area contributed by atoms with Crippen LogP contribution in [0, 0.1) is 5.41 Å². The predicted molar refractivity (Wildman–Crippen MR) is 57.1 cm³/mol. The Balaban J connectivity index is 2.73. The van der Waals surface area contributed by atoms with Crippen LogP contribution in [0.5, 0.6) is 0 Å². The Morgan fingerprint density at radius 2 is 2.46 bits per heavy atom. The van der Waals surface area contributed by atoms with Crippen LogP contribution in [0.25, 0.3) is 0 Å². The van der Waals surface area contributed by atoms with Crippen molar-refractivity contribution >= 4 is 17.6 Å². The predicted octanol–water partition coefficient (Wildman–Crippen LogP) is 1.62. The number of thioether (sulfide) groups is 1. The van der Waals surface area contributed by atoms with E-state index in [9.17, 15) is 0 Å². The number of hydrogen-bond donors (Lipinski definition) is 2. The van der Waals surface area contributed by atoms with Crippen LogP contribution in [0.2, 0.25) is 0 Å². The van der Waals surface area contributed by atoms with Crippen LogP contribution < -0.4 is 5.73 Å². The summed E-state index contributed by atoms with van der Waals surface area (Å²) in [5.74, 6) is 2.08. The molecule has 70 valence electrons. The van der Waals surface area contributed by atoms with Crippen LogP contribution in [0.3, 0.4) is 0 Å². The van der Waals surface area contributed by atoms with Gasteiger partial charge < -0.3 is 5.73 Å². The molecule has 0 saturated carbocycles. The van der Waals surface area contributed by atoms with Gasteiger partial charge in [-0.3, -0.25) is 10.4 Å². The zero-order chi connectivity index (χ0) is 9.68. The Morgan fingerprint density at radius 1 is 1.69 bits per heavy atom. The first-order valence-electron chi connectivity index (χ1n) is 4.11. The van der Waals surface area contributed by atoms with Crippen molar-refractivity contribution < 1.29 is 0 Å². The van der Waals surface area contributed by atoms with Crippen molar-refractivity contribution in [3.05, 3.63) is 29.6 Å². The van der Waals surface area contributed by atoms with Gasteiger partial charge in [0.1, 0.15) is 11.5 Å². The van der Waals surface area contributed by atoms with Crippen molar-refractivity contribution in [2.45, 2.75) is 12.7 Å². The standard InChI is InChI=1S/C9H13N3S/c1-2-13-6-7-3-4-12-8(5-7)9(10)11/h3-5H,2,6H2,1H3,(H3,10,11). The van der Waals surface area contributed by atoms with Gasteiger partial charge in [-0.15, -0.1) is 0 Å². The molecule has 13 heavy (non-hydrogen) atoms. The Bertz CT molecular complexity index is 299. The molecule has 0 atom stereocenters. The van der Waals surface area contributed by atoms with Crippen LogP contribution in [0.1, 0.15) is 18.2 Å². The maximum Gasteiger partial charge on any atom is 0.141 e. The van der Waals surface area contributed by atoms with Gasteiger partial charge in [-0.05, 0) is 23.4 Å². The van der Waals surface area contributed by atoms with Crippen LogP contribution in [-0.4, -0.2) is 16.6 Å². The Hall–Kier alpha value is -1.03. The summed E-state index contributed by atoms with van der Waals surface area (Å²) in [5, 5.41) is 7.22. The van der Waals surface area contributed by atoms with Crippen molar-refractivity contribution in [3.63, 3.8) is 0 Å². The fourth-order valence-electron chi connectivity index (χ4n) is 0.931. The van der Waals surface area contributed by atoms with Crippen LogP contribution >= 0.6 is 11.8 Å². The van der Waals surface area contributed by atoms with Crippen LogP contribution in [0.4, 0.5) is 0 Å². The molecule has 0 aliphatic carbocycles. The van der Waals surface area contributed by atoms with Gasteiger partial charge in [0.15, 0.2) is 0 Å². The summed E-state index contributed by atoms with van der Waals surface area (Å²) in [6.07, 6.45) is 1.70. The average molecular weight is 195 g/mol. The van der Waals surface area contributed by atoms with E-state index < -0.39 is 0 Å². The quantitative estimate of drug-likeness (QED) is 0.567. The molecule has 0 saturated heterocycles. The molecule has 1 rings (SSSR count). The molecule has 0 aromatic carbocycles. The first-order valence-corrected chi connectivity index (χ1v) is 5.26. The second kappa shape index (κ2) is 4.87. The molecular formula is C9H13N3S. The fraction of sp³-hybridized carbons (Fsp3) is 0.333. The van der Waals surface area contributed by atoms with Gasteiger partial charge in [0.25, 0.3) is 0 Å². The third-order valence-electron chi connectivity index (χ3n) is 1.57. The Labute approximate surface area is 82.3 Å². The first-order chi connectivity index (χ1) is 6.24. The molecule has 1 aromatic heterocycles. The molecule has 0 aliphatic heterocycles. The zero-order valence-electron chi connectivity index (χ0n) is 7.58. The second-order valence-corrected chi connectivity index (χ2v) is 3.87. The molecule has 1 heterocycles. The molecule has 0 aliphatic rings. The third kappa shape index (κ3) is 3.06. The summed E-state index contributed by atoms with van der Waals surface area (Å²) in [5.41, 5.74) is 7.06. The van der Waals surface area contributed by atoms with Crippen molar-refractivity contribution in [1.29, 1.82) is 5.41 Å². The highest BCUT2D eigenvalue weighted by molar-refractivity contribution is 7.98. The topological polar surface area (TPSA) is 62.8 Å². The minimum atomic E-state index is 0.0309. The average Bonchev–Trinajstić information content (AvgIpc) is 2.15. The van der Waals surface area contributed by atoms with Gasteiger partial charge in [-0.2, -0.15) is 11.8 Å². The molecular weight excluding hydrogens is 182 g/mol. The van der Waals surface area contributed by atoms with Crippen molar-refractivity contribution in [3.8, 4) is 0 Å². The molecule has 1 aromatic rings. The van der Waals surface area contributed by atoms with E-state index in [1.54, 1.807) is 6.20 Å². The van der Waals surface area contributed by atoms with Gasteiger partial charge in [-0.1, -0.05) is 6.92 Å². The summed E-state index contributed by atoms with van der Waals surface area (Å²) in [4.78, 5) is 3.99. The highest BCUT2D eigenvalue weighted by Gasteiger charge is 1.99. The normalized spacial score (nSPS) is 9.92. The fourth-order valence-corrected chi connectivity index (χ4v) is 1.55. The maximum atomic E-state index is 7.22. The molecule has 0 unspecified atom stereocenters. The number of rotatable bonds is 4. The zero-order valence-corrected chi connectivity index (χ0v) is 8.40. The second-order valence-electron chi connectivity index (χ2n) is 2.60. The van der Waals surface area contributed by atoms with Crippen LogP contribution in [-0.2, 0) is 5.75 Å². The van der Waals surface area contributed by atoms with E-state index in [1.165, 1.54) is 5.56 Å². The molecule has 0 spiro atoms. The SMILES string of the molecule is CCSCc1ccnc(C(=N)N)c1. The summed E-state index contributed by atoms with van der Waals surface area (Å²) in [6.45, 7) is 2.12. The van der Waals surface area contributed by atoms with E-state index >= 15 is 0 Å². The van der Waals surface area contributed by atoms with E-state index in [1.807, 2.05) is 23.9 Å². The van der Waals surface area contributed by atoms with E-state index in [2.05, 4.69) is 11.9 Å². The molecule has 0 bridgehead atoms. The smallest absolute Gasteiger partial charge is 0.141 e. The molecule has 0 amide bonds. The number of hydrogen-bond acceptors (Lipinski definition) is 3. The number of nitrogens with two attached hydrogens (primary N) is 1. The van der Waals surface area contributed by atoms with Gasteiger partial charge in [-0.25, -0.2) is 0 Å². The van der Waals surface area contributed by atoms with Crippen molar-refractivity contribution in [2.24, 2.45) is 5.73 Å². The summed E-state index contributed by atoms with van der Waals surface area (Å²) in [7, 11) is 0. The molecule has 4 heteroatoms. The number of aromatic nitrogens is 1. The summed E-state index contributed by atoms with van der Waals surface area (Å²) in [6, 6.07) is 3.82. The Morgan fingerprint density at radius 3 is 3.08 bits per heavy atom. The third-order valence-corrected chi connectivity index (χ3v) is 2.52. The lowest BCUT2D eigenvalue weighted by Crippen LogP contribution is -2.13. The largest absolute Gasteiger partial charge is 0.382 e. The highest BCUT2D eigenvalue weighted by Crippen LogP contribution is 2.11. The van der Waals surface area contributed by atoms with Crippen molar-refractivity contribution in [2.75, 3.05) is 5.75 Å². The van der Waals surface area contributed by atoms with Crippen molar-refractivity contribution in [1.82, 2.24) is 4.98 Å². The monoisotopic (exact) mass is 195 g/mol. The number of nitrogens with zero attached hydrogens (tertiary/aromatic N) is 1. The van der Waals surface area contributed by atoms with E-state index in [0.29, 0.717) is 5.69 Å². The maximum absolute atomic E-state index is 7.22. The summed E-state index contributed by atoms with van der Waals surface area (Å²) < 4.78 is 0. The number of amidine groups is 1. The number of nitrogens with one attached hydrogen (secondary N) is 1. The van der Waals surface area contributed by atoms with E-state index in [0.717, 1.165) is 11.5 Å². The lowest BCUT2D eigenvalue weighted by molar-refractivity contribution is 1.22. The highest BCUT2D eigenvalue weighted by atomic mass is 32.2. The molecule has 0 radical (unpaired) electrons. The summed E-state index contributed by atoms with van der Waals surface area (Å²) >= 11 is 1.84. The lowest BCUT2D eigenvalue weighted by Gasteiger charge is -2.01. The van der Waals surface area contributed by atoms with E-state index in [-0.39, 0.29) is 5.84 Å². The van der Waals surface area contributed by atoms with Gasteiger partial charge >= 0.3 is 0 Å². The minimum Gasteiger partial charge on any atom is -0.382 e. The molecule has 0 fully saturated rings. The van der Waals surface area contributed by atoms with Crippen LogP contribution in [0.15, 0.2) is 18.3 Å². The minimum absolute atomic E-state index is 0.0309. The number of nitrogen functional groups attached to an aromatic ring is 1. The Kier molecular flexibility index (Phi) is 3.76. The van der Waals surface area contributed by atoms with Gasteiger partial charge in [0.05, 0.1) is 0 Å². The molecule has 3 N–H and O–H groups in total. The van der Waals surface area contributed by atoms with Gasteiger partial charge in [0.2, 0.25) is 0 Å². The van der Waals surface area contributed by atoms with E-state index in [4.69, 9.17) is 11.1 Å². The molecule has 3 nitrogen and oxygen atoms in total. The first kappa shape index (κ1) is 10.1. The lowest BCUT2D eigenvalue weighted by atomic mass is 10.2.